The number of allylic oxidation sites excluding steroid dienone is 1. The van der Waals surface area contributed by atoms with Crippen molar-refractivity contribution in [3.05, 3.63) is 12.7 Å². The van der Waals surface area contributed by atoms with Gasteiger partial charge in [-0.2, -0.15) is 0 Å². The maximum atomic E-state index is 11.7. The van der Waals surface area contributed by atoms with Gasteiger partial charge in [-0.25, -0.2) is 13.1 Å². The molecular weight excluding hydrogens is 260 g/mol. The Morgan fingerprint density at radius 2 is 1.88 bits per heavy atom. The van der Waals surface area contributed by atoms with E-state index >= 15 is 0 Å². The molecule has 0 amide bonds. The van der Waals surface area contributed by atoms with E-state index in [1.807, 2.05) is 0 Å². The van der Waals surface area contributed by atoms with Gasteiger partial charge in [-0.15, -0.1) is 19.0 Å². The standard InChI is InChI=1S/C11H20N2O2S.ClH/c1-2-3-6-16(14,15)13-11-7-9-4-5-10(8-11)12-9;/h2,9-13H,1,3-8H2;1H. The van der Waals surface area contributed by atoms with Gasteiger partial charge in [-0.05, 0) is 32.1 Å². The van der Waals surface area contributed by atoms with Crippen molar-refractivity contribution in [1.82, 2.24) is 10.0 Å². The molecule has 2 aliphatic heterocycles. The number of halogens is 1. The summed E-state index contributed by atoms with van der Waals surface area (Å²) in [4.78, 5) is 0. The van der Waals surface area contributed by atoms with Crippen molar-refractivity contribution >= 4 is 22.4 Å². The van der Waals surface area contributed by atoms with Crippen molar-refractivity contribution in [3.8, 4) is 0 Å². The van der Waals surface area contributed by atoms with Crippen molar-refractivity contribution < 1.29 is 8.42 Å². The molecule has 2 unspecified atom stereocenters. The molecule has 0 aromatic carbocycles. The molecule has 0 aromatic heterocycles. The van der Waals surface area contributed by atoms with Crippen LogP contribution < -0.4 is 10.0 Å². The van der Waals surface area contributed by atoms with E-state index < -0.39 is 10.0 Å². The van der Waals surface area contributed by atoms with Crippen LogP contribution in [-0.2, 0) is 10.0 Å². The fraction of sp³-hybridized carbons (Fsp3) is 0.818. The topological polar surface area (TPSA) is 58.2 Å². The molecule has 2 heterocycles. The number of sulfonamides is 1. The maximum absolute atomic E-state index is 11.7. The van der Waals surface area contributed by atoms with Gasteiger partial charge in [0.2, 0.25) is 10.0 Å². The van der Waals surface area contributed by atoms with Crippen LogP contribution in [0.25, 0.3) is 0 Å². The summed E-state index contributed by atoms with van der Waals surface area (Å²) in [5.74, 6) is 0.162. The Morgan fingerprint density at radius 1 is 1.29 bits per heavy atom. The van der Waals surface area contributed by atoms with Gasteiger partial charge in [0.15, 0.2) is 0 Å². The van der Waals surface area contributed by atoms with Gasteiger partial charge < -0.3 is 5.32 Å². The quantitative estimate of drug-likeness (QED) is 0.744. The van der Waals surface area contributed by atoms with E-state index in [2.05, 4.69) is 16.6 Å². The third-order valence-corrected chi connectivity index (χ3v) is 4.88. The van der Waals surface area contributed by atoms with Crippen LogP contribution in [0.3, 0.4) is 0 Å². The van der Waals surface area contributed by atoms with E-state index in [-0.39, 0.29) is 24.2 Å². The van der Waals surface area contributed by atoms with Gasteiger partial charge in [-0.1, -0.05) is 6.08 Å². The highest BCUT2D eigenvalue weighted by Gasteiger charge is 2.34. The molecule has 2 bridgehead atoms. The highest BCUT2D eigenvalue weighted by molar-refractivity contribution is 7.89. The Kier molecular flexibility index (Phi) is 5.44. The highest BCUT2D eigenvalue weighted by Crippen LogP contribution is 2.27. The average Bonchev–Trinajstić information content (AvgIpc) is 2.55. The third kappa shape index (κ3) is 4.25. The van der Waals surface area contributed by atoms with Gasteiger partial charge in [-0.3, -0.25) is 0 Å². The summed E-state index contributed by atoms with van der Waals surface area (Å²) in [6.07, 6.45) is 6.41. The lowest BCUT2D eigenvalue weighted by molar-refractivity contribution is 0.345. The first-order chi connectivity index (χ1) is 7.59. The number of rotatable bonds is 5. The largest absolute Gasteiger partial charge is 0.311 e. The van der Waals surface area contributed by atoms with Gasteiger partial charge in [0, 0.05) is 18.1 Å². The van der Waals surface area contributed by atoms with Crippen molar-refractivity contribution in [3.63, 3.8) is 0 Å². The van der Waals surface area contributed by atoms with Gasteiger partial charge in [0.25, 0.3) is 0 Å². The van der Waals surface area contributed by atoms with E-state index in [0.29, 0.717) is 18.5 Å². The smallest absolute Gasteiger partial charge is 0.212 e. The van der Waals surface area contributed by atoms with E-state index in [0.717, 1.165) is 12.8 Å². The van der Waals surface area contributed by atoms with Gasteiger partial charge in [0.05, 0.1) is 5.75 Å². The van der Waals surface area contributed by atoms with Crippen molar-refractivity contribution in [1.29, 1.82) is 0 Å². The lowest BCUT2D eigenvalue weighted by Gasteiger charge is -2.29. The summed E-state index contributed by atoms with van der Waals surface area (Å²) < 4.78 is 26.2. The van der Waals surface area contributed by atoms with Crippen LogP contribution in [-0.4, -0.2) is 32.3 Å². The summed E-state index contributed by atoms with van der Waals surface area (Å²) in [5.41, 5.74) is 0. The minimum atomic E-state index is -3.11. The second kappa shape index (κ2) is 6.18. The summed E-state index contributed by atoms with van der Waals surface area (Å²) >= 11 is 0. The molecule has 2 rings (SSSR count). The molecule has 2 N–H and O–H groups in total. The van der Waals surface area contributed by atoms with Crippen LogP contribution in [0.1, 0.15) is 32.1 Å². The molecule has 2 saturated heterocycles. The first-order valence-electron chi connectivity index (χ1n) is 5.96. The zero-order chi connectivity index (χ0) is 11.6. The minimum absolute atomic E-state index is 0. The molecule has 0 aromatic rings. The normalized spacial score (nSPS) is 31.9. The van der Waals surface area contributed by atoms with Crippen LogP contribution in [0.4, 0.5) is 0 Å². The fourth-order valence-electron chi connectivity index (χ4n) is 2.70. The number of nitrogens with one attached hydrogen (secondary N) is 2. The number of hydrogen-bond donors (Lipinski definition) is 2. The molecule has 6 heteroatoms. The first-order valence-corrected chi connectivity index (χ1v) is 7.61. The lowest BCUT2D eigenvalue weighted by atomic mass is 10.0. The average molecular weight is 281 g/mol. The number of hydrogen-bond acceptors (Lipinski definition) is 3. The first kappa shape index (κ1) is 15.0. The predicted molar refractivity (Wildman–Crippen MR) is 72.0 cm³/mol. The summed E-state index contributed by atoms with van der Waals surface area (Å²) in [7, 11) is -3.11. The molecule has 0 radical (unpaired) electrons. The van der Waals surface area contributed by atoms with Gasteiger partial charge >= 0.3 is 0 Å². The molecule has 0 spiro atoms. The molecule has 0 aliphatic carbocycles. The van der Waals surface area contributed by atoms with Crippen LogP contribution >= 0.6 is 12.4 Å². The molecule has 100 valence electrons. The van der Waals surface area contributed by atoms with Crippen LogP contribution in [0.15, 0.2) is 12.7 Å². The minimum Gasteiger partial charge on any atom is -0.311 e. The summed E-state index contributed by atoms with van der Waals surface area (Å²) in [6.45, 7) is 3.54. The van der Waals surface area contributed by atoms with Crippen LogP contribution in [0.2, 0.25) is 0 Å². The summed E-state index contributed by atoms with van der Waals surface area (Å²) in [5, 5.41) is 3.50. The Hall–Kier alpha value is -0.100. The molecule has 0 saturated carbocycles. The molecular formula is C11H21ClN2O2S. The predicted octanol–water partition coefficient (Wildman–Crippen LogP) is 1.19. The molecule has 2 fully saturated rings. The molecule has 2 atom stereocenters. The second-order valence-electron chi connectivity index (χ2n) is 4.82. The molecule has 4 nitrogen and oxygen atoms in total. The highest BCUT2D eigenvalue weighted by atomic mass is 35.5. The van der Waals surface area contributed by atoms with Crippen LogP contribution in [0, 0.1) is 0 Å². The zero-order valence-electron chi connectivity index (χ0n) is 9.89. The maximum Gasteiger partial charge on any atom is 0.212 e. The number of fused-ring (bicyclic) bond motifs is 2. The SMILES string of the molecule is C=CCCS(=O)(=O)NC1CC2CCC(C1)N2.Cl. The Bertz CT molecular complexity index is 346. The van der Waals surface area contributed by atoms with Gasteiger partial charge in [0.1, 0.15) is 0 Å². The van der Waals surface area contributed by atoms with Crippen LogP contribution in [0.5, 0.6) is 0 Å². The van der Waals surface area contributed by atoms with E-state index in [1.54, 1.807) is 6.08 Å². The Labute approximate surface area is 110 Å². The van der Waals surface area contributed by atoms with E-state index in [4.69, 9.17) is 0 Å². The van der Waals surface area contributed by atoms with Crippen molar-refractivity contribution in [2.24, 2.45) is 0 Å². The second-order valence-corrected chi connectivity index (χ2v) is 6.69. The fourth-order valence-corrected chi connectivity index (χ4v) is 4.00. The Balaban J connectivity index is 0.00000144. The van der Waals surface area contributed by atoms with E-state index in [1.165, 1.54) is 12.8 Å². The molecule has 17 heavy (non-hydrogen) atoms. The zero-order valence-corrected chi connectivity index (χ0v) is 11.5. The Morgan fingerprint density at radius 3 is 2.41 bits per heavy atom. The number of piperidine rings is 1. The third-order valence-electron chi connectivity index (χ3n) is 3.41. The van der Waals surface area contributed by atoms with Crippen molar-refractivity contribution in [2.75, 3.05) is 5.75 Å². The molecule has 2 aliphatic rings. The van der Waals surface area contributed by atoms with E-state index in [9.17, 15) is 8.42 Å². The lowest BCUT2D eigenvalue weighted by Crippen LogP contribution is -2.48. The summed E-state index contributed by atoms with van der Waals surface area (Å²) in [6, 6.07) is 1.17. The monoisotopic (exact) mass is 280 g/mol. The van der Waals surface area contributed by atoms with Crippen molar-refractivity contribution in [2.45, 2.75) is 50.2 Å².